The average Bonchev–Trinajstić information content (AvgIpc) is 3.69. The van der Waals surface area contributed by atoms with E-state index in [2.05, 4.69) is 0 Å². The Kier molecular flexibility index (Phi) is 6.32. The van der Waals surface area contributed by atoms with Gasteiger partial charge in [0, 0.05) is 16.1 Å². The van der Waals surface area contributed by atoms with E-state index in [1.165, 1.54) is 13.2 Å². The Bertz CT molecular complexity index is 1270. The molecule has 0 radical (unpaired) electrons. The molecule has 2 aliphatic rings. The third kappa shape index (κ3) is 4.67. The van der Waals surface area contributed by atoms with Gasteiger partial charge in [-0.05, 0) is 72.2 Å². The Balaban J connectivity index is 1.41. The molecule has 0 aromatic heterocycles. The first-order chi connectivity index (χ1) is 16.9. The molecule has 0 spiro atoms. The first-order valence-electron chi connectivity index (χ1n) is 11.6. The van der Waals surface area contributed by atoms with E-state index in [-0.39, 0.29) is 11.7 Å². The maximum atomic E-state index is 14.5. The smallest absolute Gasteiger partial charge is 0.306 e. The van der Waals surface area contributed by atoms with Crippen LogP contribution in [0.2, 0.25) is 5.02 Å². The van der Waals surface area contributed by atoms with Gasteiger partial charge in [0.2, 0.25) is 0 Å². The fourth-order valence-corrected chi connectivity index (χ4v) is 5.12. The summed E-state index contributed by atoms with van der Waals surface area (Å²) in [6, 6.07) is 15.6. The van der Waals surface area contributed by atoms with E-state index in [0.717, 1.165) is 24.0 Å². The van der Waals surface area contributed by atoms with E-state index >= 15 is 0 Å². The second-order valence-electron chi connectivity index (χ2n) is 9.20. The summed E-state index contributed by atoms with van der Waals surface area (Å²) in [7, 11) is 1.53. The van der Waals surface area contributed by atoms with Gasteiger partial charge in [-0.25, -0.2) is 4.39 Å². The number of carboxylic acid groups (broad SMARTS) is 1. The van der Waals surface area contributed by atoms with Gasteiger partial charge in [-0.2, -0.15) is 0 Å². The minimum Gasteiger partial charge on any atom is -0.497 e. The van der Waals surface area contributed by atoms with E-state index in [1.807, 2.05) is 24.3 Å². The molecular formula is C28H26ClFO5. The zero-order chi connectivity index (χ0) is 24.7. The zero-order valence-corrected chi connectivity index (χ0v) is 20.2. The van der Waals surface area contributed by atoms with Gasteiger partial charge in [0.25, 0.3) is 0 Å². The number of benzene rings is 3. The molecule has 5 nitrogen and oxygen atoms in total. The van der Waals surface area contributed by atoms with Gasteiger partial charge in [-0.3, -0.25) is 4.79 Å². The molecule has 0 bridgehead atoms. The van der Waals surface area contributed by atoms with Crippen LogP contribution in [0.15, 0.2) is 54.6 Å². The molecule has 1 N–H and O–H groups in total. The number of rotatable bonds is 7. The molecule has 3 aromatic carbocycles. The van der Waals surface area contributed by atoms with Gasteiger partial charge in [0.1, 0.15) is 18.2 Å². The lowest BCUT2D eigenvalue weighted by atomic mass is 9.83. The number of carbonyl (C=O) groups is 1. The fraction of sp³-hybridized carbons (Fsp3) is 0.321. The van der Waals surface area contributed by atoms with Crippen molar-refractivity contribution in [1.29, 1.82) is 0 Å². The fourth-order valence-electron chi connectivity index (χ4n) is 4.83. The van der Waals surface area contributed by atoms with Crippen LogP contribution in [0.4, 0.5) is 4.39 Å². The monoisotopic (exact) mass is 496 g/mol. The first-order valence-corrected chi connectivity index (χ1v) is 12.0. The summed E-state index contributed by atoms with van der Waals surface area (Å²) in [5.41, 5.74) is 2.67. The van der Waals surface area contributed by atoms with Crippen molar-refractivity contribution in [2.45, 2.75) is 31.8 Å². The molecule has 1 saturated carbocycles. The number of hydrogen-bond acceptors (Lipinski definition) is 4. The van der Waals surface area contributed by atoms with Gasteiger partial charge in [0.15, 0.2) is 17.6 Å². The summed E-state index contributed by atoms with van der Waals surface area (Å²) >= 11 is 6.56. The number of hydrogen-bond donors (Lipinski definition) is 1. The van der Waals surface area contributed by atoms with Gasteiger partial charge < -0.3 is 19.3 Å². The van der Waals surface area contributed by atoms with Crippen molar-refractivity contribution in [3.8, 4) is 28.4 Å². The number of halogens is 2. The molecule has 1 aliphatic heterocycles. The summed E-state index contributed by atoms with van der Waals surface area (Å²) in [5.74, 6) is 0.404. The molecule has 1 heterocycles. The molecular weight excluding hydrogens is 471 g/mol. The standard InChI is InChI=1S/C28H26ClFO5/c1-15(28(31)32)27(16-3-4-16)18-6-10-24-25(12-18)35-26(14-34-24)17-5-8-20(22(29)11-17)21-13-19(33-2)7-9-23(21)30/h5-13,15-16,26-27H,3-4,14H2,1-2H3,(H,31,32)/t15-,26-,27?/m0/s1. The molecule has 182 valence electrons. The maximum absolute atomic E-state index is 14.5. The Labute approximate surface area is 208 Å². The highest BCUT2D eigenvalue weighted by atomic mass is 35.5. The van der Waals surface area contributed by atoms with E-state index in [4.69, 9.17) is 25.8 Å². The van der Waals surface area contributed by atoms with E-state index in [1.54, 1.807) is 31.2 Å². The molecule has 3 atom stereocenters. The van der Waals surface area contributed by atoms with Crippen molar-refractivity contribution < 1.29 is 28.5 Å². The van der Waals surface area contributed by atoms with Crippen molar-refractivity contribution in [2.24, 2.45) is 11.8 Å². The SMILES string of the molecule is COc1ccc(F)c(-c2ccc([C@@H]3COc4ccc(C(C5CC5)[C@H](C)C(=O)O)cc4O3)cc2Cl)c1. The van der Waals surface area contributed by atoms with Crippen molar-refractivity contribution in [2.75, 3.05) is 13.7 Å². The largest absolute Gasteiger partial charge is 0.497 e. The quantitative estimate of drug-likeness (QED) is 0.386. The van der Waals surface area contributed by atoms with Crippen molar-refractivity contribution in [3.05, 3.63) is 76.6 Å². The Morgan fingerprint density at radius 1 is 1.09 bits per heavy atom. The highest BCUT2D eigenvalue weighted by Gasteiger charge is 2.39. The highest BCUT2D eigenvalue weighted by Crippen LogP contribution is 2.49. The van der Waals surface area contributed by atoms with Crippen molar-refractivity contribution >= 4 is 17.6 Å². The molecule has 0 saturated heterocycles. The summed E-state index contributed by atoms with van der Waals surface area (Å²) < 4.78 is 31.9. The van der Waals surface area contributed by atoms with Gasteiger partial charge in [-0.1, -0.05) is 36.7 Å². The molecule has 0 amide bonds. The first kappa shape index (κ1) is 23.5. The van der Waals surface area contributed by atoms with Crippen LogP contribution in [0.25, 0.3) is 11.1 Å². The zero-order valence-electron chi connectivity index (χ0n) is 19.5. The van der Waals surface area contributed by atoms with Crippen LogP contribution in [0.5, 0.6) is 17.2 Å². The number of fused-ring (bicyclic) bond motifs is 1. The lowest BCUT2D eigenvalue weighted by Crippen LogP contribution is -2.23. The minimum atomic E-state index is -0.795. The topological polar surface area (TPSA) is 65.0 Å². The van der Waals surface area contributed by atoms with Crippen LogP contribution in [0.1, 0.15) is 42.9 Å². The second-order valence-corrected chi connectivity index (χ2v) is 9.61. The van der Waals surface area contributed by atoms with Crippen molar-refractivity contribution in [1.82, 2.24) is 0 Å². The van der Waals surface area contributed by atoms with E-state index in [0.29, 0.717) is 45.9 Å². The van der Waals surface area contributed by atoms with Gasteiger partial charge >= 0.3 is 5.97 Å². The van der Waals surface area contributed by atoms with E-state index < -0.39 is 18.0 Å². The second kappa shape index (κ2) is 9.42. The van der Waals surface area contributed by atoms with Crippen LogP contribution in [-0.2, 0) is 4.79 Å². The van der Waals surface area contributed by atoms with Crippen LogP contribution >= 0.6 is 11.6 Å². The van der Waals surface area contributed by atoms with Gasteiger partial charge in [-0.15, -0.1) is 0 Å². The lowest BCUT2D eigenvalue weighted by molar-refractivity contribution is -0.142. The van der Waals surface area contributed by atoms with Crippen LogP contribution < -0.4 is 14.2 Å². The normalized spacial score (nSPS) is 18.6. The molecule has 1 fully saturated rings. The predicted octanol–water partition coefficient (Wildman–Crippen LogP) is 6.88. The van der Waals surface area contributed by atoms with E-state index in [9.17, 15) is 14.3 Å². The van der Waals surface area contributed by atoms with Crippen LogP contribution in [-0.4, -0.2) is 24.8 Å². The van der Waals surface area contributed by atoms with Crippen molar-refractivity contribution in [3.63, 3.8) is 0 Å². The summed E-state index contributed by atoms with van der Waals surface area (Å²) in [6.07, 6.45) is 1.67. The lowest BCUT2D eigenvalue weighted by Gasteiger charge is -2.29. The molecule has 1 unspecified atom stereocenters. The number of methoxy groups -OCH3 is 1. The van der Waals surface area contributed by atoms with Crippen LogP contribution in [0, 0.1) is 17.7 Å². The molecule has 7 heteroatoms. The average molecular weight is 497 g/mol. The maximum Gasteiger partial charge on any atom is 0.306 e. The summed E-state index contributed by atoms with van der Waals surface area (Å²) in [6.45, 7) is 2.06. The minimum absolute atomic E-state index is 0.0618. The molecule has 3 aromatic rings. The predicted molar refractivity (Wildman–Crippen MR) is 131 cm³/mol. The molecule has 5 rings (SSSR count). The molecule has 1 aliphatic carbocycles. The summed E-state index contributed by atoms with van der Waals surface area (Å²) in [4.78, 5) is 11.7. The number of ether oxygens (including phenoxy) is 3. The number of aliphatic carboxylic acids is 1. The highest BCUT2D eigenvalue weighted by molar-refractivity contribution is 6.33. The van der Waals surface area contributed by atoms with Gasteiger partial charge in [0.05, 0.1) is 13.0 Å². The third-order valence-corrected chi connectivity index (χ3v) is 7.21. The Morgan fingerprint density at radius 2 is 1.89 bits per heavy atom. The van der Waals surface area contributed by atoms with Crippen LogP contribution in [0.3, 0.4) is 0 Å². The summed E-state index contributed by atoms with van der Waals surface area (Å²) in [5, 5.41) is 9.99. The number of carboxylic acids is 1. The Hall–Kier alpha value is -3.25. The molecule has 35 heavy (non-hydrogen) atoms. The Morgan fingerprint density at radius 3 is 2.57 bits per heavy atom. The third-order valence-electron chi connectivity index (χ3n) is 6.90.